The molecule has 0 aromatic carbocycles. The van der Waals surface area contributed by atoms with Crippen LogP contribution in [0.25, 0.3) is 0 Å². The first kappa shape index (κ1) is 10.6. The predicted octanol–water partition coefficient (Wildman–Crippen LogP) is -1.55. The zero-order chi connectivity index (χ0) is 11.7. The number of hydrogen-bond donors (Lipinski definition) is 2. The molecule has 0 aliphatic carbocycles. The Morgan fingerprint density at radius 1 is 1.62 bits per heavy atom. The normalized spacial score (nSPS) is 15.6. The summed E-state index contributed by atoms with van der Waals surface area (Å²) in [6.45, 7) is 1.01. The highest BCUT2D eigenvalue weighted by Crippen LogP contribution is 2.05. The second-order valence-corrected chi connectivity index (χ2v) is 3.52. The SMILES string of the molecule is Cn1nc(C(N)=O)[c]c1C(=O)NC1COC1. The molecule has 1 aromatic heterocycles. The molecule has 3 N–H and O–H groups in total. The fourth-order valence-electron chi connectivity index (χ4n) is 1.31. The Balaban J connectivity index is 2.12. The first-order chi connectivity index (χ1) is 7.58. The van der Waals surface area contributed by atoms with Crippen molar-refractivity contribution in [3.05, 3.63) is 17.5 Å². The van der Waals surface area contributed by atoms with Crippen LogP contribution in [-0.4, -0.2) is 40.9 Å². The van der Waals surface area contributed by atoms with Crippen molar-refractivity contribution in [1.82, 2.24) is 15.1 Å². The third-order valence-electron chi connectivity index (χ3n) is 2.23. The molecule has 0 saturated carbocycles. The number of nitrogens with zero attached hydrogens (tertiary/aromatic N) is 2. The lowest BCUT2D eigenvalue weighted by Crippen LogP contribution is -2.48. The molecule has 2 rings (SSSR count). The molecule has 2 heterocycles. The van der Waals surface area contributed by atoms with E-state index in [1.807, 2.05) is 0 Å². The molecule has 1 aliphatic rings. The maximum Gasteiger partial charge on any atom is 0.270 e. The van der Waals surface area contributed by atoms with Crippen molar-refractivity contribution in [1.29, 1.82) is 0 Å². The summed E-state index contributed by atoms with van der Waals surface area (Å²) in [5.41, 5.74) is 5.17. The standard InChI is InChI=1S/C9H11N4O3/c1-13-7(2-6(12-13)8(10)14)9(15)11-5-3-16-4-5/h5H,3-4H2,1H3,(H2,10,14)(H,11,15). The molecule has 1 radical (unpaired) electrons. The van der Waals surface area contributed by atoms with E-state index < -0.39 is 5.91 Å². The summed E-state index contributed by atoms with van der Waals surface area (Å²) >= 11 is 0. The lowest BCUT2D eigenvalue weighted by Gasteiger charge is -2.26. The molecule has 7 nitrogen and oxygen atoms in total. The molecule has 1 saturated heterocycles. The van der Waals surface area contributed by atoms with Gasteiger partial charge in [0, 0.05) is 7.05 Å². The molecule has 0 atom stereocenters. The summed E-state index contributed by atoms with van der Waals surface area (Å²) < 4.78 is 6.20. The van der Waals surface area contributed by atoms with Gasteiger partial charge in [-0.2, -0.15) is 5.10 Å². The fourth-order valence-corrected chi connectivity index (χ4v) is 1.31. The van der Waals surface area contributed by atoms with E-state index in [9.17, 15) is 9.59 Å². The van der Waals surface area contributed by atoms with E-state index in [2.05, 4.69) is 16.5 Å². The number of carbonyl (C=O) groups excluding carboxylic acids is 2. The van der Waals surface area contributed by atoms with E-state index in [0.29, 0.717) is 13.2 Å². The number of rotatable bonds is 3. The second kappa shape index (κ2) is 3.93. The number of aromatic nitrogens is 2. The fraction of sp³-hybridized carbons (Fsp3) is 0.444. The van der Waals surface area contributed by atoms with Gasteiger partial charge in [0.1, 0.15) is 5.69 Å². The highest BCUT2D eigenvalue weighted by atomic mass is 16.5. The molecule has 85 valence electrons. The van der Waals surface area contributed by atoms with Crippen molar-refractivity contribution in [3.63, 3.8) is 0 Å². The Morgan fingerprint density at radius 3 is 2.75 bits per heavy atom. The van der Waals surface area contributed by atoms with Gasteiger partial charge in [0.15, 0.2) is 5.69 Å². The van der Waals surface area contributed by atoms with E-state index in [4.69, 9.17) is 10.5 Å². The van der Waals surface area contributed by atoms with E-state index >= 15 is 0 Å². The molecule has 7 heteroatoms. The third kappa shape index (κ3) is 1.89. The van der Waals surface area contributed by atoms with Crippen LogP contribution in [0.5, 0.6) is 0 Å². The molecule has 1 aromatic rings. The molecule has 0 unspecified atom stereocenters. The first-order valence-electron chi connectivity index (χ1n) is 4.72. The zero-order valence-corrected chi connectivity index (χ0v) is 8.69. The highest BCUT2D eigenvalue weighted by Gasteiger charge is 2.23. The van der Waals surface area contributed by atoms with Gasteiger partial charge in [-0.15, -0.1) is 0 Å². The van der Waals surface area contributed by atoms with Gasteiger partial charge in [0.2, 0.25) is 0 Å². The summed E-state index contributed by atoms with van der Waals surface area (Å²) in [6.07, 6.45) is 0. The Kier molecular flexibility index (Phi) is 2.61. The zero-order valence-electron chi connectivity index (χ0n) is 8.69. The van der Waals surface area contributed by atoms with Crippen molar-refractivity contribution in [3.8, 4) is 0 Å². The van der Waals surface area contributed by atoms with Crippen molar-refractivity contribution in [2.45, 2.75) is 6.04 Å². The van der Waals surface area contributed by atoms with Crippen molar-refractivity contribution in [2.24, 2.45) is 12.8 Å². The predicted molar refractivity (Wildman–Crippen MR) is 52.6 cm³/mol. The van der Waals surface area contributed by atoms with Crippen molar-refractivity contribution < 1.29 is 14.3 Å². The number of amides is 2. The van der Waals surface area contributed by atoms with Crippen LogP contribution < -0.4 is 11.1 Å². The van der Waals surface area contributed by atoms with Crippen LogP contribution in [0.2, 0.25) is 0 Å². The minimum absolute atomic E-state index is 0.0211. The van der Waals surface area contributed by atoms with Crippen LogP contribution in [-0.2, 0) is 11.8 Å². The van der Waals surface area contributed by atoms with Crippen LogP contribution in [0.3, 0.4) is 0 Å². The average molecular weight is 223 g/mol. The Bertz CT molecular complexity index is 436. The molecule has 1 fully saturated rings. The van der Waals surface area contributed by atoms with Gasteiger partial charge in [-0.25, -0.2) is 0 Å². The van der Waals surface area contributed by atoms with Crippen LogP contribution in [0.1, 0.15) is 21.0 Å². The lowest BCUT2D eigenvalue weighted by atomic mass is 10.2. The number of ether oxygens (including phenoxy) is 1. The molecular weight excluding hydrogens is 212 g/mol. The van der Waals surface area contributed by atoms with Crippen LogP contribution in [0.4, 0.5) is 0 Å². The number of nitrogens with two attached hydrogens (primary N) is 1. The molecule has 16 heavy (non-hydrogen) atoms. The average Bonchev–Trinajstić information content (AvgIpc) is 2.54. The third-order valence-corrected chi connectivity index (χ3v) is 2.23. The Hall–Kier alpha value is -1.89. The summed E-state index contributed by atoms with van der Waals surface area (Å²) in [6, 6.07) is 2.58. The van der Waals surface area contributed by atoms with E-state index in [-0.39, 0.29) is 23.3 Å². The minimum atomic E-state index is -0.707. The van der Waals surface area contributed by atoms with Gasteiger partial charge >= 0.3 is 0 Å². The van der Waals surface area contributed by atoms with Crippen molar-refractivity contribution in [2.75, 3.05) is 13.2 Å². The van der Waals surface area contributed by atoms with Gasteiger partial charge in [0.05, 0.1) is 25.3 Å². The van der Waals surface area contributed by atoms with E-state index in [1.165, 1.54) is 4.68 Å². The number of primary amides is 1. The summed E-state index contributed by atoms with van der Waals surface area (Å²) in [5.74, 6) is -1.04. The highest BCUT2D eigenvalue weighted by molar-refractivity contribution is 5.96. The minimum Gasteiger partial charge on any atom is -0.377 e. The molecular formula is C9H11N4O3. The van der Waals surface area contributed by atoms with Crippen molar-refractivity contribution >= 4 is 11.8 Å². The van der Waals surface area contributed by atoms with Gasteiger partial charge in [-0.05, 0) is 0 Å². The number of hydrogen-bond acceptors (Lipinski definition) is 4. The Labute approximate surface area is 91.5 Å². The largest absolute Gasteiger partial charge is 0.377 e. The van der Waals surface area contributed by atoms with Crippen LogP contribution in [0, 0.1) is 6.07 Å². The summed E-state index contributed by atoms with van der Waals surface area (Å²) in [5, 5.41) is 6.49. The number of nitrogens with one attached hydrogen (secondary N) is 1. The van der Waals surface area contributed by atoms with Gasteiger partial charge in [-0.1, -0.05) is 0 Å². The topological polar surface area (TPSA) is 99.2 Å². The first-order valence-corrected chi connectivity index (χ1v) is 4.72. The maximum absolute atomic E-state index is 11.7. The number of aryl methyl sites for hydroxylation is 1. The van der Waals surface area contributed by atoms with Crippen LogP contribution >= 0.6 is 0 Å². The quantitative estimate of drug-likeness (QED) is 0.647. The summed E-state index contributed by atoms with van der Waals surface area (Å²) in [4.78, 5) is 22.5. The molecule has 0 spiro atoms. The molecule has 1 aliphatic heterocycles. The van der Waals surface area contributed by atoms with E-state index in [0.717, 1.165) is 0 Å². The maximum atomic E-state index is 11.7. The second-order valence-electron chi connectivity index (χ2n) is 3.52. The Morgan fingerprint density at radius 2 is 2.31 bits per heavy atom. The molecule has 2 amide bonds. The lowest BCUT2D eigenvalue weighted by molar-refractivity contribution is -0.00362. The molecule has 0 bridgehead atoms. The van der Waals surface area contributed by atoms with Gasteiger partial charge < -0.3 is 15.8 Å². The van der Waals surface area contributed by atoms with Gasteiger partial charge in [0.25, 0.3) is 11.8 Å². The van der Waals surface area contributed by atoms with E-state index in [1.54, 1.807) is 7.05 Å². The van der Waals surface area contributed by atoms with Crippen LogP contribution in [0.15, 0.2) is 0 Å². The number of carbonyl (C=O) groups is 2. The monoisotopic (exact) mass is 223 g/mol. The van der Waals surface area contributed by atoms with Gasteiger partial charge in [-0.3, -0.25) is 14.3 Å². The smallest absolute Gasteiger partial charge is 0.270 e. The summed E-state index contributed by atoms with van der Waals surface area (Å²) in [7, 11) is 1.55.